The molecule has 3 rings (SSSR count). The van der Waals surface area contributed by atoms with Gasteiger partial charge in [-0.3, -0.25) is 4.79 Å². The first-order valence-corrected chi connectivity index (χ1v) is 7.00. The van der Waals surface area contributed by atoms with Crippen LogP contribution in [-0.4, -0.2) is 23.6 Å². The van der Waals surface area contributed by atoms with Crippen LogP contribution in [0.5, 0.6) is 0 Å². The summed E-state index contributed by atoms with van der Waals surface area (Å²) in [5, 5.41) is 0. The van der Waals surface area contributed by atoms with E-state index in [0.29, 0.717) is 17.7 Å². The van der Waals surface area contributed by atoms with Crippen LogP contribution in [0, 0.1) is 12.8 Å². The summed E-state index contributed by atoms with van der Waals surface area (Å²) in [6.45, 7) is 6.14. The monoisotopic (exact) mass is 247 g/mol. The van der Waals surface area contributed by atoms with E-state index in [9.17, 15) is 4.79 Å². The normalized spacial score (nSPS) is 25.2. The smallest absolute Gasteiger partial charge is 0.164 e. The zero-order valence-corrected chi connectivity index (χ0v) is 11.2. The third-order valence-corrected chi connectivity index (χ3v) is 4.51. The highest BCUT2D eigenvalue weighted by Gasteiger charge is 2.29. The zero-order chi connectivity index (χ0) is 12.7. The first-order valence-electron chi connectivity index (χ1n) is 7.00. The Morgan fingerprint density at radius 2 is 2.28 bits per heavy atom. The molecule has 1 aromatic rings. The maximum Gasteiger partial charge on any atom is 0.164 e. The molecule has 1 aromatic heterocycles. The molecule has 1 fully saturated rings. The Morgan fingerprint density at radius 1 is 1.44 bits per heavy atom. The van der Waals surface area contributed by atoms with Crippen LogP contribution < -0.4 is 0 Å². The number of aromatic nitrogens is 1. The van der Waals surface area contributed by atoms with Crippen molar-refractivity contribution in [1.29, 1.82) is 0 Å². The SMILES string of the molecule is Cc1cc2c(n1C(C)C1CCOC1)CCCC2=O. The van der Waals surface area contributed by atoms with Crippen molar-refractivity contribution in [3.05, 3.63) is 23.0 Å². The summed E-state index contributed by atoms with van der Waals surface area (Å²) in [6.07, 6.45) is 3.91. The minimum Gasteiger partial charge on any atom is -0.381 e. The molecule has 0 saturated carbocycles. The summed E-state index contributed by atoms with van der Waals surface area (Å²) >= 11 is 0. The number of aryl methyl sites for hydroxylation is 1. The summed E-state index contributed by atoms with van der Waals surface area (Å²) in [6, 6.07) is 2.53. The van der Waals surface area contributed by atoms with Crippen LogP contribution in [0.1, 0.15) is 54.0 Å². The summed E-state index contributed by atoms with van der Waals surface area (Å²) in [5.41, 5.74) is 3.47. The van der Waals surface area contributed by atoms with Crippen LogP contribution >= 0.6 is 0 Å². The highest BCUT2D eigenvalue weighted by Crippen LogP contribution is 2.33. The van der Waals surface area contributed by atoms with E-state index in [1.807, 2.05) is 0 Å². The van der Waals surface area contributed by atoms with E-state index in [2.05, 4.69) is 24.5 Å². The second-order valence-electron chi connectivity index (χ2n) is 5.66. The largest absolute Gasteiger partial charge is 0.381 e. The van der Waals surface area contributed by atoms with E-state index in [0.717, 1.165) is 44.5 Å². The molecule has 0 radical (unpaired) electrons. The fourth-order valence-corrected chi connectivity index (χ4v) is 3.46. The van der Waals surface area contributed by atoms with Gasteiger partial charge in [-0.15, -0.1) is 0 Å². The third kappa shape index (κ3) is 1.81. The minimum atomic E-state index is 0.327. The first-order chi connectivity index (χ1) is 8.68. The Kier molecular flexibility index (Phi) is 3.02. The van der Waals surface area contributed by atoms with Crippen LogP contribution in [0.2, 0.25) is 0 Å². The molecule has 98 valence electrons. The lowest BCUT2D eigenvalue weighted by Crippen LogP contribution is -2.22. The van der Waals surface area contributed by atoms with Gasteiger partial charge >= 0.3 is 0 Å². The van der Waals surface area contributed by atoms with Gasteiger partial charge in [-0.25, -0.2) is 0 Å². The Labute approximate surface area is 108 Å². The molecular formula is C15H21NO2. The van der Waals surface area contributed by atoms with Crippen molar-refractivity contribution in [3.63, 3.8) is 0 Å². The maximum atomic E-state index is 12.0. The highest BCUT2D eigenvalue weighted by molar-refractivity contribution is 5.98. The Hall–Kier alpha value is -1.09. The van der Waals surface area contributed by atoms with E-state index in [1.165, 1.54) is 11.4 Å². The standard InChI is InChI=1S/C15H21NO2/c1-10-8-13-14(4-3-5-15(13)17)16(10)11(2)12-6-7-18-9-12/h8,11-12H,3-7,9H2,1-2H3. The molecule has 18 heavy (non-hydrogen) atoms. The van der Waals surface area contributed by atoms with Crippen LogP contribution in [-0.2, 0) is 11.2 Å². The summed E-state index contributed by atoms with van der Waals surface area (Å²) in [4.78, 5) is 12.0. The number of fused-ring (bicyclic) bond motifs is 1. The molecule has 2 heterocycles. The molecule has 0 aromatic carbocycles. The van der Waals surface area contributed by atoms with Gasteiger partial charge in [-0.05, 0) is 39.2 Å². The highest BCUT2D eigenvalue weighted by atomic mass is 16.5. The molecule has 0 N–H and O–H groups in total. The molecule has 1 aliphatic heterocycles. The number of hydrogen-bond acceptors (Lipinski definition) is 2. The van der Waals surface area contributed by atoms with Crippen molar-refractivity contribution in [3.8, 4) is 0 Å². The summed E-state index contributed by atoms with van der Waals surface area (Å²) < 4.78 is 7.90. The zero-order valence-electron chi connectivity index (χ0n) is 11.2. The number of ether oxygens (including phenoxy) is 1. The van der Waals surface area contributed by atoms with Gasteiger partial charge in [-0.2, -0.15) is 0 Å². The van der Waals surface area contributed by atoms with Gasteiger partial charge in [0.25, 0.3) is 0 Å². The Balaban J connectivity index is 1.98. The van der Waals surface area contributed by atoms with Crippen LogP contribution in [0.3, 0.4) is 0 Å². The maximum absolute atomic E-state index is 12.0. The Morgan fingerprint density at radius 3 is 3.00 bits per heavy atom. The Bertz CT molecular complexity index is 469. The number of Topliss-reactive ketones (excluding diaryl/α,β-unsaturated/α-hetero) is 1. The second-order valence-corrected chi connectivity index (χ2v) is 5.66. The molecule has 2 aliphatic rings. The van der Waals surface area contributed by atoms with E-state index in [4.69, 9.17) is 4.74 Å². The average molecular weight is 247 g/mol. The van der Waals surface area contributed by atoms with Gasteiger partial charge in [0.05, 0.1) is 6.61 Å². The predicted octanol–water partition coefficient (Wildman–Crippen LogP) is 2.91. The molecule has 3 heteroatoms. The molecule has 0 spiro atoms. The van der Waals surface area contributed by atoms with Gasteiger partial charge in [0.2, 0.25) is 0 Å². The molecule has 1 aliphatic carbocycles. The van der Waals surface area contributed by atoms with E-state index in [1.54, 1.807) is 0 Å². The van der Waals surface area contributed by atoms with E-state index >= 15 is 0 Å². The predicted molar refractivity (Wildman–Crippen MR) is 70.1 cm³/mol. The van der Waals surface area contributed by atoms with Gasteiger partial charge in [0.1, 0.15) is 0 Å². The number of ketones is 1. The van der Waals surface area contributed by atoms with Crippen molar-refractivity contribution in [2.24, 2.45) is 5.92 Å². The topological polar surface area (TPSA) is 31.2 Å². The second kappa shape index (κ2) is 4.54. The number of nitrogens with zero attached hydrogens (tertiary/aromatic N) is 1. The van der Waals surface area contributed by atoms with Gasteiger partial charge in [-0.1, -0.05) is 0 Å². The van der Waals surface area contributed by atoms with Crippen molar-refractivity contribution in [2.75, 3.05) is 13.2 Å². The van der Waals surface area contributed by atoms with Crippen molar-refractivity contribution >= 4 is 5.78 Å². The average Bonchev–Trinajstić information content (AvgIpc) is 2.96. The summed E-state index contributed by atoms with van der Waals surface area (Å²) in [7, 11) is 0. The van der Waals surface area contributed by atoms with Gasteiger partial charge in [0, 0.05) is 41.9 Å². The molecule has 0 bridgehead atoms. The lowest BCUT2D eigenvalue weighted by atomic mass is 9.95. The van der Waals surface area contributed by atoms with Crippen molar-refractivity contribution in [1.82, 2.24) is 4.57 Å². The van der Waals surface area contributed by atoms with Gasteiger partial charge in [0.15, 0.2) is 5.78 Å². The lowest BCUT2D eigenvalue weighted by Gasteiger charge is -2.25. The molecule has 0 amide bonds. The molecule has 3 nitrogen and oxygen atoms in total. The van der Waals surface area contributed by atoms with E-state index in [-0.39, 0.29) is 0 Å². The van der Waals surface area contributed by atoms with Crippen LogP contribution in [0.4, 0.5) is 0 Å². The van der Waals surface area contributed by atoms with E-state index < -0.39 is 0 Å². The molecule has 2 unspecified atom stereocenters. The number of rotatable bonds is 2. The summed E-state index contributed by atoms with van der Waals surface area (Å²) in [5.74, 6) is 0.921. The fourth-order valence-electron chi connectivity index (χ4n) is 3.46. The third-order valence-electron chi connectivity index (χ3n) is 4.51. The van der Waals surface area contributed by atoms with Crippen LogP contribution in [0.15, 0.2) is 6.07 Å². The first kappa shape index (κ1) is 12.0. The number of hydrogen-bond donors (Lipinski definition) is 0. The minimum absolute atomic E-state index is 0.327. The molecular weight excluding hydrogens is 226 g/mol. The lowest BCUT2D eigenvalue weighted by molar-refractivity contribution is 0.0971. The van der Waals surface area contributed by atoms with Crippen molar-refractivity contribution in [2.45, 2.75) is 45.6 Å². The van der Waals surface area contributed by atoms with Gasteiger partial charge < -0.3 is 9.30 Å². The number of carbonyl (C=O) groups is 1. The quantitative estimate of drug-likeness (QED) is 0.804. The van der Waals surface area contributed by atoms with Crippen LogP contribution in [0.25, 0.3) is 0 Å². The fraction of sp³-hybridized carbons (Fsp3) is 0.667. The van der Waals surface area contributed by atoms with Crippen molar-refractivity contribution < 1.29 is 9.53 Å². The molecule has 1 saturated heterocycles. The molecule has 2 atom stereocenters. The number of carbonyl (C=O) groups excluding carboxylic acids is 1.